The molecule has 0 spiro atoms. The highest BCUT2D eigenvalue weighted by Crippen LogP contribution is 2.18. The van der Waals surface area contributed by atoms with Crippen molar-refractivity contribution in [2.75, 3.05) is 5.32 Å². The van der Waals surface area contributed by atoms with E-state index in [9.17, 15) is 17.6 Å². The summed E-state index contributed by atoms with van der Waals surface area (Å²) < 4.78 is 40.9. The van der Waals surface area contributed by atoms with Gasteiger partial charge in [0.1, 0.15) is 11.6 Å². The lowest BCUT2D eigenvalue weighted by molar-refractivity contribution is 0.102. The van der Waals surface area contributed by atoms with Crippen LogP contribution in [0.3, 0.4) is 0 Å². The molecule has 1 aromatic heterocycles. The van der Waals surface area contributed by atoms with Crippen molar-refractivity contribution in [1.29, 1.82) is 0 Å². The third kappa shape index (κ3) is 4.79. The number of pyridine rings is 1. The van der Waals surface area contributed by atoms with Crippen LogP contribution in [0.15, 0.2) is 71.8 Å². The molecule has 0 aliphatic carbocycles. The van der Waals surface area contributed by atoms with Crippen LogP contribution >= 0.6 is 0 Å². The lowest BCUT2D eigenvalue weighted by Crippen LogP contribution is -2.24. The molecule has 0 saturated heterocycles. The summed E-state index contributed by atoms with van der Waals surface area (Å²) in [5.74, 6) is -0.900. The molecule has 3 aromatic rings. The highest BCUT2D eigenvalue weighted by atomic mass is 32.2. The van der Waals surface area contributed by atoms with Crippen LogP contribution in [0, 0.1) is 12.7 Å². The molecule has 0 aliphatic rings. The van der Waals surface area contributed by atoms with Gasteiger partial charge in [-0.25, -0.2) is 22.5 Å². The molecular formula is C20H18FN3O3S. The van der Waals surface area contributed by atoms with Gasteiger partial charge >= 0.3 is 0 Å². The third-order valence-electron chi connectivity index (χ3n) is 4.02. The molecule has 0 bridgehead atoms. The van der Waals surface area contributed by atoms with Crippen LogP contribution in [0.4, 0.5) is 10.2 Å². The Morgan fingerprint density at radius 1 is 1.07 bits per heavy atom. The van der Waals surface area contributed by atoms with Crippen LogP contribution < -0.4 is 10.0 Å². The topological polar surface area (TPSA) is 88.2 Å². The van der Waals surface area contributed by atoms with E-state index in [1.807, 2.05) is 30.3 Å². The van der Waals surface area contributed by atoms with E-state index in [1.54, 1.807) is 13.0 Å². The average molecular weight is 399 g/mol. The van der Waals surface area contributed by atoms with E-state index >= 15 is 0 Å². The predicted molar refractivity (Wildman–Crippen MR) is 104 cm³/mol. The van der Waals surface area contributed by atoms with Crippen LogP contribution in [-0.4, -0.2) is 19.3 Å². The summed E-state index contributed by atoms with van der Waals surface area (Å²) in [6, 6.07) is 16.0. The number of sulfonamides is 1. The monoisotopic (exact) mass is 399 g/mol. The van der Waals surface area contributed by atoms with Gasteiger partial charge in [0.15, 0.2) is 0 Å². The number of halogens is 1. The number of carbonyl (C=O) groups excluding carboxylic acids is 1. The first-order chi connectivity index (χ1) is 13.3. The molecule has 6 nitrogen and oxygen atoms in total. The fourth-order valence-corrected chi connectivity index (χ4v) is 3.81. The fraction of sp³-hybridized carbons (Fsp3) is 0.100. The number of rotatable bonds is 6. The molecule has 2 aromatic carbocycles. The zero-order chi connectivity index (χ0) is 20.1. The van der Waals surface area contributed by atoms with Gasteiger partial charge in [0, 0.05) is 12.1 Å². The van der Waals surface area contributed by atoms with Gasteiger partial charge in [0.25, 0.3) is 5.91 Å². The first-order valence-corrected chi connectivity index (χ1v) is 9.90. The normalized spacial score (nSPS) is 11.2. The molecule has 2 N–H and O–H groups in total. The summed E-state index contributed by atoms with van der Waals surface area (Å²) in [6.07, 6.45) is 0.980. The SMILES string of the molecule is Cc1ccc(C(=O)Nc2ccc(F)cn2)cc1S(=O)(=O)NCc1ccccc1. The van der Waals surface area contributed by atoms with Crippen molar-refractivity contribution < 1.29 is 17.6 Å². The molecule has 28 heavy (non-hydrogen) atoms. The van der Waals surface area contributed by atoms with E-state index in [0.29, 0.717) is 5.56 Å². The number of aryl methyl sites for hydroxylation is 1. The largest absolute Gasteiger partial charge is 0.307 e. The van der Waals surface area contributed by atoms with Crippen molar-refractivity contribution >= 4 is 21.7 Å². The molecule has 1 amide bonds. The molecular weight excluding hydrogens is 381 g/mol. The number of aromatic nitrogens is 1. The molecule has 0 aliphatic heterocycles. The number of benzene rings is 2. The first-order valence-electron chi connectivity index (χ1n) is 8.42. The van der Waals surface area contributed by atoms with Gasteiger partial charge in [0.05, 0.1) is 11.1 Å². The molecule has 144 valence electrons. The Morgan fingerprint density at radius 3 is 2.50 bits per heavy atom. The number of nitrogens with one attached hydrogen (secondary N) is 2. The number of anilines is 1. The Balaban J connectivity index is 1.79. The second kappa shape index (κ2) is 8.28. The lowest BCUT2D eigenvalue weighted by atomic mass is 10.1. The summed E-state index contributed by atoms with van der Waals surface area (Å²) in [4.78, 5) is 16.2. The van der Waals surface area contributed by atoms with E-state index in [-0.39, 0.29) is 22.8 Å². The van der Waals surface area contributed by atoms with Crippen molar-refractivity contribution in [3.05, 3.63) is 89.4 Å². The number of amides is 1. The molecule has 1 heterocycles. The van der Waals surface area contributed by atoms with Crippen LogP contribution in [0.1, 0.15) is 21.5 Å². The van der Waals surface area contributed by atoms with Crippen molar-refractivity contribution in [2.45, 2.75) is 18.4 Å². The minimum atomic E-state index is -3.82. The van der Waals surface area contributed by atoms with Crippen molar-refractivity contribution in [3.63, 3.8) is 0 Å². The highest BCUT2D eigenvalue weighted by Gasteiger charge is 2.19. The van der Waals surface area contributed by atoms with Crippen LogP contribution in [0.25, 0.3) is 0 Å². The summed E-state index contributed by atoms with van der Waals surface area (Å²) in [7, 11) is -3.82. The van der Waals surface area contributed by atoms with Crippen LogP contribution in [0.2, 0.25) is 0 Å². The minimum Gasteiger partial charge on any atom is -0.307 e. The van der Waals surface area contributed by atoms with Gasteiger partial charge in [-0.05, 0) is 42.3 Å². The van der Waals surface area contributed by atoms with E-state index < -0.39 is 21.7 Å². The van der Waals surface area contributed by atoms with Gasteiger partial charge in [0.2, 0.25) is 10.0 Å². The van der Waals surface area contributed by atoms with Crippen LogP contribution in [0.5, 0.6) is 0 Å². The van der Waals surface area contributed by atoms with Gasteiger partial charge in [-0.3, -0.25) is 4.79 Å². The number of hydrogen-bond donors (Lipinski definition) is 2. The number of carbonyl (C=O) groups is 1. The molecule has 0 saturated carbocycles. The maximum Gasteiger partial charge on any atom is 0.256 e. The number of hydrogen-bond acceptors (Lipinski definition) is 4. The predicted octanol–water partition coefficient (Wildman–Crippen LogP) is 3.26. The fourth-order valence-electron chi connectivity index (χ4n) is 2.52. The van der Waals surface area contributed by atoms with E-state index in [1.165, 1.54) is 24.3 Å². The minimum absolute atomic E-state index is 0.0168. The van der Waals surface area contributed by atoms with Gasteiger partial charge in [-0.1, -0.05) is 36.4 Å². The molecule has 0 unspecified atom stereocenters. The summed E-state index contributed by atoms with van der Waals surface area (Å²) in [5.41, 5.74) is 1.48. The summed E-state index contributed by atoms with van der Waals surface area (Å²) in [6.45, 7) is 1.79. The summed E-state index contributed by atoms with van der Waals surface area (Å²) >= 11 is 0. The van der Waals surface area contributed by atoms with Gasteiger partial charge < -0.3 is 5.32 Å². The molecule has 0 atom stereocenters. The Labute approximate surface area is 162 Å². The highest BCUT2D eigenvalue weighted by molar-refractivity contribution is 7.89. The second-order valence-electron chi connectivity index (χ2n) is 6.11. The Kier molecular flexibility index (Phi) is 5.81. The molecule has 0 radical (unpaired) electrons. The maximum atomic E-state index is 12.9. The van der Waals surface area contributed by atoms with Gasteiger partial charge in [-0.15, -0.1) is 0 Å². The Hall–Kier alpha value is -3.10. The first kappa shape index (κ1) is 19.7. The molecule has 8 heteroatoms. The molecule has 0 fully saturated rings. The smallest absolute Gasteiger partial charge is 0.256 e. The van der Waals surface area contributed by atoms with Crippen molar-refractivity contribution in [3.8, 4) is 0 Å². The lowest BCUT2D eigenvalue weighted by Gasteiger charge is -2.11. The number of nitrogens with zero attached hydrogens (tertiary/aromatic N) is 1. The van der Waals surface area contributed by atoms with E-state index in [4.69, 9.17) is 0 Å². The third-order valence-corrected chi connectivity index (χ3v) is 5.56. The van der Waals surface area contributed by atoms with Crippen LogP contribution in [-0.2, 0) is 16.6 Å². The Morgan fingerprint density at radius 2 is 1.82 bits per heavy atom. The standard InChI is InChI=1S/C20H18FN3O3S/c1-14-7-8-16(20(25)24-19-10-9-17(21)13-22-19)11-18(14)28(26,27)23-12-15-5-3-2-4-6-15/h2-11,13,23H,12H2,1H3,(H,22,24,25). The quantitative estimate of drug-likeness (QED) is 0.666. The van der Waals surface area contributed by atoms with Crippen molar-refractivity contribution in [1.82, 2.24) is 9.71 Å². The van der Waals surface area contributed by atoms with Crippen molar-refractivity contribution in [2.24, 2.45) is 0 Å². The zero-order valence-corrected chi connectivity index (χ0v) is 15.8. The van der Waals surface area contributed by atoms with E-state index in [0.717, 1.165) is 11.8 Å². The molecule has 3 rings (SSSR count). The average Bonchev–Trinajstić information content (AvgIpc) is 2.69. The Bertz CT molecular complexity index is 1090. The second-order valence-corrected chi connectivity index (χ2v) is 7.84. The van der Waals surface area contributed by atoms with E-state index in [2.05, 4.69) is 15.0 Å². The van der Waals surface area contributed by atoms with Gasteiger partial charge in [-0.2, -0.15) is 0 Å². The summed E-state index contributed by atoms with van der Waals surface area (Å²) in [5, 5.41) is 2.51. The maximum absolute atomic E-state index is 12.9. The zero-order valence-electron chi connectivity index (χ0n) is 15.0.